The third kappa shape index (κ3) is 2.85. The Morgan fingerprint density at radius 2 is 1.33 bits per heavy atom. The second-order valence-electron chi connectivity index (χ2n) is 6.26. The Hall–Kier alpha value is -3.53. The molecule has 1 aromatic heterocycles. The van der Waals surface area contributed by atoms with Gasteiger partial charge in [0.05, 0.1) is 17.1 Å². The minimum Gasteiger partial charge on any atom is -0.305 e. The quantitative estimate of drug-likeness (QED) is 0.292. The average Bonchev–Trinajstić information content (AvgIpc) is 3.01. The van der Waals surface area contributed by atoms with Gasteiger partial charge in [0.25, 0.3) is 0 Å². The number of rotatable bonds is 5. The molecule has 0 saturated heterocycles. The third-order valence-electron chi connectivity index (χ3n) is 4.69. The number of para-hydroxylation sites is 1. The van der Waals surface area contributed by atoms with Crippen LogP contribution in [0.4, 0.5) is 4.39 Å². The second kappa shape index (κ2) is 7.00. The fraction of sp³-hybridized carbons (Fsp3) is 0.0435. The molecule has 27 heavy (non-hydrogen) atoms. The Bertz CT molecular complexity index is 1080. The van der Waals surface area contributed by atoms with Crippen molar-refractivity contribution in [2.75, 3.05) is 0 Å². The lowest BCUT2D eigenvalue weighted by Gasteiger charge is -2.22. The Morgan fingerprint density at radius 3 is 1.89 bits per heavy atom. The first kappa shape index (κ1) is 16.9. The van der Waals surface area contributed by atoms with Gasteiger partial charge in [-0.25, -0.2) is 0 Å². The van der Waals surface area contributed by atoms with Gasteiger partial charge in [0.2, 0.25) is 11.7 Å². The summed E-state index contributed by atoms with van der Waals surface area (Å²) in [5.41, 5.74) is 2.15. The Kier molecular flexibility index (Phi) is 4.38. The van der Waals surface area contributed by atoms with Crippen molar-refractivity contribution in [1.82, 2.24) is 4.57 Å². The number of carbonyl (C=O) groups is 2. The standard InChI is InChI=1S/C23H16FNO2/c24-23-21(20(27)15-26)18-13-7-8-14-19(18)25(23)22(16-9-3-1-4-10-16)17-11-5-2-6-12-17/h1-15,22H. The van der Waals surface area contributed by atoms with Gasteiger partial charge in [-0.15, -0.1) is 0 Å². The summed E-state index contributed by atoms with van der Waals surface area (Å²) in [4.78, 5) is 23.2. The van der Waals surface area contributed by atoms with E-state index in [-0.39, 0.29) is 11.8 Å². The predicted octanol–water partition coefficient (Wildman–Crippen LogP) is 4.80. The van der Waals surface area contributed by atoms with Crippen molar-refractivity contribution in [3.8, 4) is 0 Å². The lowest BCUT2D eigenvalue weighted by molar-refractivity contribution is -0.104. The maximum Gasteiger partial charge on any atom is 0.230 e. The van der Waals surface area contributed by atoms with Crippen molar-refractivity contribution in [2.24, 2.45) is 0 Å². The first-order valence-corrected chi connectivity index (χ1v) is 8.60. The van der Waals surface area contributed by atoms with Gasteiger partial charge in [-0.2, -0.15) is 4.39 Å². The number of Topliss-reactive ketones (excluding diaryl/α,β-unsaturated/α-hetero) is 1. The molecular formula is C23H16FNO2. The number of hydrogen-bond donors (Lipinski definition) is 0. The van der Waals surface area contributed by atoms with Gasteiger partial charge >= 0.3 is 0 Å². The van der Waals surface area contributed by atoms with Crippen LogP contribution in [0.5, 0.6) is 0 Å². The molecule has 4 heteroatoms. The highest BCUT2D eigenvalue weighted by atomic mass is 19.1. The predicted molar refractivity (Wildman–Crippen MR) is 102 cm³/mol. The molecule has 0 aliphatic heterocycles. The van der Waals surface area contributed by atoms with E-state index in [0.29, 0.717) is 10.9 Å². The zero-order chi connectivity index (χ0) is 18.8. The molecule has 0 saturated carbocycles. The molecule has 1 heterocycles. The average molecular weight is 357 g/mol. The van der Waals surface area contributed by atoms with Crippen LogP contribution in [0.25, 0.3) is 10.9 Å². The van der Waals surface area contributed by atoms with Gasteiger partial charge in [-0.3, -0.25) is 9.59 Å². The van der Waals surface area contributed by atoms with Crippen molar-refractivity contribution in [3.05, 3.63) is 108 Å². The minimum absolute atomic E-state index is 0.162. The fourth-order valence-electron chi connectivity index (χ4n) is 3.54. The van der Waals surface area contributed by atoms with Gasteiger partial charge in [-0.1, -0.05) is 78.9 Å². The zero-order valence-corrected chi connectivity index (χ0v) is 14.4. The third-order valence-corrected chi connectivity index (χ3v) is 4.69. The molecule has 4 rings (SSSR count). The summed E-state index contributed by atoms with van der Waals surface area (Å²) in [6.45, 7) is 0. The fourth-order valence-corrected chi connectivity index (χ4v) is 3.54. The van der Waals surface area contributed by atoms with Crippen molar-refractivity contribution in [1.29, 1.82) is 0 Å². The topological polar surface area (TPSA) is 39.1 Å². The summed E-state index contributed by atoms with van der Waals surface area (Å²) in [7, 11) is 0. The van der Waals surface area contributed by atoms with Crippen LogP contribution in [0.2, 0.25) is 0 Å². The van der Waals surface area contributed by atoms with E-state index in [1.54, 1.807) is 24.3 Å². The van der Waals surface area contributed by atoms with Crippen LogP contribution in [0, 0.1) is 5.95 Å². The number of hydrogen-bond acceptors (Lipinski definition) is 2. The number of aldehydes is 1. The highest BCUT2D eigenvalue weighted by molar-refractivity contribution is 6.36. The van der Waals surface area contributed by atoms with Crippen LogP contribution < -0.4 is 0 Å². The van der Waals surface area contributed by atoms with Gasteiger partial charge < -0.3 is 4.57 Å². The highest BCUT2D eigenvalue weighted by Crippen LogP contribution is 2.35. The van der Waals surface area contributed by atoms with Gasteiger partial charge in [0, 0.05) is 5.39 Å². The van der Waals surface area contributed by atoms with Crippen LogP contribution in [-0.2, 0) is 4.79 Å². The van der Waals surface area contributed by atoms with E-state index in [2.05, 4.69) is 0 Å². The molecule has 0 fully saturated rings. The minimum atomic E-state index is -0.859. The molecule has 0 amide bonds. The molecule has 132 valence electrons. The second-order valence-corrected chi connectivity index (χ2v) is 6.26. The first-order chi connectivity index (χ1) is 13.2. The number of nitrogens with zero attached hydrogens (tertiary/aromatic N) is 1. The number of benzene rings is 3. The lowest BCUT2D eigenvalue weighted by Crippen LogP contribution is -2.15. The first-order valence-electron chi connectivity index (χ1n) is 8.60. The smallest absolute Gasteiger partial charge is 0.230 e. The van der Waals surface area contributed by atoms with E-state index < -0.39 is 17.8 Å². The van der Waals surface area contributed by atoms with Crippen LogP contribution in [-0.4, -0.2) is 16.6 Å². The number of aromatic nitrogens is 1. The summed E-state index contributed by atoms with van der Waals surface area (Å²) in [5.74, 6) is -1.56. The number of fused-ring (bicyclic) bond motifs is 1. The molecule has 0 aliphatic carbocycles. The Morgan fingerprint density at radius 1 is 0.815 bits per heavy atom. The van der Waals surface area contributed by atoms with Crippen molar-refractivity contribution >= 4 is 23.0 Å². The lowest BCUT2D eigenvalue weighted by atomic mass is 9.98. The van der Waals surface area contributed by atoms with Crippen LogP contribution in [0.3, 0.4) is 0 Å². The Balaban J connectivity index is 2.07. The monoisotopic (exact) mass is 357 g/mol. The molecule has 4 aromatic rings. The highest BCUT2D eigenvalue weighted by Gasteiger charge is 2.28. The van der Waals surface area contributed by atoms with E-state index in [1.165, 1.54) is 4.57 Å². The molecule has 0 aliphatic rings. The van der Waals surface area contributed by atoms with E-state index in [0.717, 1.165) is 11.1 Å². The maximum atomic E-state index is 15.5. The molecule has 0 atom stereocenters. The maximum absolute atomic E-state index is 15.5. The molecule has 0 radical (unpaired) electrons. The summed E-state index contributed by atoms with van der Waals surface area (Å²) >= 11 is 0. The van der Waals surface area contributed by atoms with Gasteiger partial charge in [0.1, 0.15) is 0 Å². The number of carbonyl (C=O) groups excluding carboxylic acids is 2. The zero-order valence-electron chi connectivity index (χ0n) is 14.4. The normalized spacial score (nSPS) is 11.0. The largest absolute Gasteiger partial charge is 0.305 e. The van der Waals surface area contributed by atoms with Crippen LogP contribution in [0.1, 0.15) is 27.5 Å². The van der Waals surface area contributed by atoms with Crippen molar-refractivity contribution in [2.45, 2.75) is 6.04 Å². The molecule has 3 aromatic carbocycles. The molecule has 3 nitrogen and oxygen atoms in total. The summed E-state index contributed by atoms with van der Waals surface area (Å²) in [6.07, 6.45) is 0.162. The van der Waals surface area contributed by atoms with E-state index in [4.69, 9.17) is 0 Å². The van der Waals surface area contributed by atoms with E-state index in [1.807, 2.05) is 60.7 Å². The van der Waals surface area contributed by atoms with E-state index in [9.17, 15) is 9.59 Å². The number of ketones is 1. The molecule has 0 N–H and O–H groups in total. The molecule has 0 spiro atoms. The summed E-state index contributed by atoms with van der Waals surface area (Å²) in [6, 6.07) is 25.6. The Labute approximate surface area is 155 Å². The number of halogens is 1. The van der Waals surface area contributed by atoms with Crippen LogP contribution in [0.15, 0.2) is 84.9 Å². The van der Waals surface area contributed by atoms with Gasteiger partial charge in [-0.05, 0) is 17.2 Å². The molecule has 0 unspecified atom stereocenters. The van der Waals surface area contributed by atoms with Crippen molar-refractivity contribution < 1.29 is 14.0 Å². The summed E-state index contributed by atoms with van der Waals surface area (Å²) < 4.78 is 17.0. The van der Waals surface area contributed by atoms with Crippen LogP contribution >= 0.6 is 0 Å². The van der Waals surface area contributed by atoms with Crippen molar-refractivity contribution in [3.63, 3.8) is 0 Å². The van der Waals surface area contributed by atoms with Gasteiger partial charge in [0.15, 0.2) is 6.29 Å². The van der Waals surface area contributed by atoms with E-state index >= 15 is 4.39 Å². The molecular weight excluding hydrogens is 341 g/mol. The SMILES string of the molecule is O=CC(=O)c1c(F)n(C(c2ccccc2)c2ccccc2)c2ccccc12. The molecule has 0 bridgehead atoms. The summed E-state index contributed by atoms with van der Waals surface area (Å²) in [5, 5.41) is 0.434.